The highest BCUT2D eigenvalue weighted by Gasteiger charge is 2.40. The maximum Gasteiger partial charge on any atom is 0.471 e. The van der Waals surface area contributed by atoms with Gasteiger partial charge in [-0.3, -0.25) is 13.8 Å². The van der Waals surface area contributed by atoms with Crippen LogP contribution >= 0.6 is 7.82 Å². The summed E-state index contributed by atoms with van der Waals surface area (Å²) in [5.41, 5.74) is 0. The molecular formula is C21H41F3NO5P. The first kappa shape index (κ1) is 30.4. The normalized spacial score (nSPS) is 14.9. The lowest BCUT2D eigenvalue weighted by atomic mass is 10.0. The van der Waals surface area contributed by atoms with Gasteiger partial charge in [-0.15, -0.1) is 0 Å². The molecule has 0 aliphatic carbocycles. The van der Waals surface area contributed by atoms with Crippen molar-refractivity contribution in [3.05, 3.63) is 0 Å². The highest BCUT2D eigenvalue weighted by atomic mass is 31.2. The molecule has 0 spiro atoms. The smallest absolute Gasteiger partial charge is 0.343 e. The van der Waals surface area contributed by atoms with E-state index in [1.54, 1.807) is 0 Å². The molecule has 0 saturated heterocycles. The number of rotatable bonds is 20. The number of carbonyl (C=O) groups excluding carboxylic acids is 1. The second-order valence-electron chi connectivity index (χ2n) is 8.00. The molecule has 2 atom stereocenters. The van der Waals surface area contributed by atoms with Gasteiger partial charge in [0.25, 0.3) is 0 Å². The molecule has 0 aliphatic heterocycles. The zero-order valence-electron chi connectivity index (χ0n) is 19.1. The van der Waals surface area contributed by atoms with Crippen molar-refractivity contribution in [3.8, 4) is 0 Å². The number of phosphoric acid groups is 1. The van der Waals surface area contributed by atoms with Crippen LogP contribution in [0.25, 0.3) is 0 Å². The summed E-state index contributed by atoms with van der Waals surface area (Å²) >= 11 is 0. The van der Waals surface area contributed by atoms with E-state index >= 15 is 0 Å². The van der Waals surface area contributed by atoms with E-state index in [4.69, 9.17) is 0 Å². The van der Waals surface area contributed by atoms with Crippen molar-refractivity contribution in [1.82, 2.24) is 5.32 Å². The number of hydrogen-bond donors (Lipinski definition) is 2. The molecule has 0 saturated carbocycles. The summed E-state index contributed by atoms with van der Waals surface area (Å²) < 4.78 is 57.6. The fourth-order valence-electron chi connectivity index (χ4n) is 3.29. The van der Waals surface area contributed by atoms with Gasteiger partial charge >= 0.3 is 19.9 Å². The van der Waals surface area contributed by atoms with Crippen molar-refractivity contribution in [2.75, 3.05) is 13.7 Å². The van der Waals surface area contributed by atoms with E-state index in [1.807, 2.05) is 5.32 Å². The van der Waals surface area contributed by atoms with Gasteiger partial charge in [-0.25, -0.2) is 4.57 Å². The van der Waals surface area contributed by atoms with Gasteiger partial charge in [0.05, 0.1) is 12.6 Å². The molecule has 31 heavy (non-hydrogen) atoms. The Bertz CT molecular complexity index is 506. The molecule has 0 fully saturated rings. The quantitative estimate of drug-likeness (QED) is 0.152. The molecule has 0 aromatic rings. The number of amides is 1. The summed E-state index contributed by atoms with van der Waals surface area (Å²) in [5, 5.41) is 1.82. The fourth-order valence-corrected chi connectivity index (χ4v) is 3.76. The SMILES string of the molecule is CCCCCCCCCCCCCCCC[C@H](COP(=O)(O)OC)NC(=O)C(F)(F)F. The van der Waals surface area contributed by atoms with Crippen LogP contribution in [0.2, 0.25) is 0 Å². The number of alkyl halides is 3. The van der Waals surface area contributed by atoms with Gasteiger partial charge in [-0.2, -0.15) is 13.2 Å². The van der Waals surface area contributed by atoms with E-state index in [9.17, 15) is 27.4 Å². The molecular weight excluding hydrogens is 434 g/mol. The van der Waals surface area contributed by atoms with Gasteiger partial charge in [-0.1, -0.05) is 96.8 Å². The third-order valence-corrected chi connectivity index (χ3v) is 6.11. The lowest BCUT2D eigenvalue weighted by Crippen LogP contribution is -2.45. The number of unbranched alkanes of at least 4 members (excludes halogenated alkanes) is 13. The number of phosphoric ester groups is 1. The topological polar surface area (TPSA) is 84.9 Å². The van der Waals surface area contributed by atoms with Crippen LogP contribution in [0.15, 0.2) is 0 Å². The number of nitrogens with one attached hydrogen (secondary N) is 1. The predicted molar refractivity (Wildman–Crippen MR) is 116 cm³/mol. The maximum atomic E-state index is 12.5. The average Bonchev–Trinajstić information content (AvgIpc) is 2.71. The van der Waals surface area contributed by atoms with Gasteiger partial charge in [0.15, 0.2) is 0 Å². The molecule has 0 aliphatic rings. The third-order valence-electron chi connectivity index (χ3n) is 5.17. The summed E-state index contributed by atoms with van der Waals surface area (Å²) in [5.74, 6) is -2.09. The first-order valence-electron chi connectivity index (χ1n) is 11.5. The Labute approximate surface area is 185 Å². The molecule has 186 valence electrons. The van der Waals surface area contributed by atoms with Crippen LogP contribution in [-0.4, -0.2) is 36.7 Å². The standard InChI is InChI=1S/C21H41F3NO5P/c1-3-4-5-6-7-8-9-10-11-12-13-14-15-16-17-19(18-30-31(27,28)29-2)25-20(26)21(22,23)24/h19H,3-18H2,1-2H3,(H,25,26)(H,27,28)/t19-/m1/s1. The van der Waals surface area contributed by atoms with Crippen molar-refractivity contribution in [2.45, 2.75) is 115 Å². The highest BCUT2D eigenvalue weighted by Crippen LogP contribution is 2.42. The Balaban J connectivity index is 3.91. The van der Waals surface area contributed by atoms with Gasteiger partial charge in [0, 0.05) is 7.11 Å². The van der Waals surface area contributed by atoms with E-state index in [0.29, 0.717) is 6.42 Å². The highest BCUT2D eigenvalue weighted by molar-refractivity contribution is 7.47. The fraction of sp³-hybridized carbons (Fsp3) is 0.952. The Morgan fingerprint density at radius 3 is 1.71 bits per heavy atom. The molecule has 6 nitrogen and oxygen atoms in total. The van der Waals surface area contributed by atoms with Crippen molar-refractivity contribution >= 4 is 13.7 Å². The minimum Gasteiger partial charge on any atom is -0.343 e. The lowest BCUT2D eigenvalue weighted by molar-refractivity contribution is -0.174. The predicted octanol–water partition coefficient (Wildman–Crippen LogP) is 6.67. The van der Waals surface area contributed by atoms with Crippen LogP contribution in [0, 0.1) is 0 Å². The molecule has 1 unspecified atom stereocenters. The summed E-state index contributed by atoms with van der Waals surface area (Å²) in [4.78, 5) is 20.4. The summed E-state index contributed by atoms with van der Waals surface area (Å²) in [6.45, 7) is 1.69. The van der Waals surface area contributed by atoms with E-state index < -0.39 is 32.6 Å². The maximum absolute atomic E-state index is 12.5. The van der Waals surface area contributed by atoms with Crippen LogP contribution in [-0.2, 0) is 18.4 Å². The molecule has 0 bridgehead atoms. The Morgan fingerprint density at radius 1 is 0.903 bits per heavy atom. The average molecular weight is 476 g/mol. The number of halogens is 3. The first-order valence-corrected chi connectivity index (χ1v) is 13.0. The molecule has 0 heterocycles. The molecule has 0 aromatic carbocycles. The van der Waals surface area contributed by atoms with Crippen molar-refractivity contribution in [3.63, 3.8) is 0 Å². The second kappa shape index (κ2) is 17.9. The van der Waals surface area contributed by atoms with Gasteiger partial charge < -0.3 is 10.2 Å². The van der Waals surface area contributed by atoms with Crippen LogP contribution in [0.4, 0.5) is 13.2 Å². The molecule has 1 amide bonds. The zero-order chi connectivity index (χ0) is 23.6. The van der Waals surface area contributed by atoms with E-state index in [2.05, 4.69) is 16.0 Å². The third kappa shape index (κ3) is 18.6. The van der Waals surface area contributed by atoms with Gasteiger partial charge in [0.2, 0.25) is 0 Å². The van der Waals surface area contributed by atoms with Gasteiger partial charge in [-0.05, 0) is 6.42 Å². The molecule has 0 aromatic heterocycles. The zero-order valence-corrected chi connectivity index (χ0v) is 19.9. The lowest BCUT2D eigenvalue weighted by Gasteiger charge is -2.20. The molecule has 0 rings (SSSR count). The van der Waals surface area contributed by atoms with Gasteiger partial charge in [0.1, 0.15) is 0 Å². The Morgan fingerprint density at radius 2 is 1.32 bits per heavy atom. The first-order chi connectivity index (χ1) is 14.6. The Kier molecular flexibility index (Phi) is 17.5. The minimum atomic E-state index is -5.02. The Hall–Kier alpha value is -0.630. The largest absolute Gasteiger partial charge is 0.471 e. The molecule has 2 N–H and O–H groups in total. The van der Waals surface area contributed by atoms with Crippen molar-refractivity contribution in [2.24, 2.45) is 0 Å². The second-order valence-corrected chi connectivity index (χ2v) is 9.56. The summed E-state index contributed by atoms with van der Waals surface area (Å²) in [7, 11) is -3.36. The minimum absolute atomic E-state index is 0.226. The van der Waals surface area contributed by atoms with E-state index in [1.165, 1.54) is 57.8 Å². The van der Waals surface area contributed by atoms with Crippen LogP contribution < -0.4 is 5.32 Å². The van der Waals surface area contributed by atoms with E-state index in [-0.39, 0.29) is 6.42 Å². The van der Waals surface area contributed by atoms with Crippen LogP contribution in [0.1, 0.15) is 103 Å². The monoisotopic (exact) mass is 475 g/mol. The molecule has 10 heteroatoms. The van der Waals surface area contributed by atoms with Crippen molar-refractivity contribution < 1.29 is 36.5 Å². The summed E-state index contributed by atoms with van der Waals surface area (Å²) in [6.07, 6.45) is 11.5. The molecule has 0 radical (unpaired) electrons. The number of hydrogen-bond acceptors (Lipinski definition) is 4. The summed E-state index contributed by atoms with van der Waals surface area (Å²) in [6, 6.07) is -1.01. The van der Waals surface area contributed by atoms with E-state index in [0.717, 1.165) is 32.8 Å². The number of carbonyl (C=O) groups is 1. The van der Waals surface area contributed by atoms with Crippen LogP contribution in [0.3, 0.4) is 0 Å². The van der Waals surface area contributed by atoms with Crippen molar-refractivity contribution in [1.29, 1.82) is 0 Å². The van der Waals surface area contributed by atoms with Crippen LogP contribution in [0.5, 0.6) is 0 Å².